The second-order valence-electron chi connectivity index (χ2n) is 8.64. The van der Waals surface area contributed by atoms with Gasteiger partial charge in [0.1, 0.15) is 5.82 Å². The first-order valence-corrected chi connectivity index (χ1v) is 10.9. The minimum absolute atomic E-state index is 0.0187. The van der Waals surface area contributed by atoms with E-state index in [0.29, 0.717) is 37.6 Å². The number of rotatable bonds is 4. The molecule has 0 unspecified atom stereocenters. The Hall–Kier alpha value is -3.20. The summed E-state index contributed by atoms with van der Waals surface area (Å²) in [6, 6.07) is 7.75. The molecule has 2 amide bonds. The number of hydrogen-bond acceptors (Lipinski definition) is 5. The van der Waals surface area contributed by atoms with Crippen LogP contribution in [0.3, 0.4) is 0 Å². The molecule has 2 fully saturated rings. The summed E-state index contributed by atoms with van der Waals surface area (Å²) in [5, 5.41) is 10.1. The van der Waals surface area contributed by atoms with E-state index in [2.05, 4.69) is 25.5 Å². The number of ether oxygens (including phenoxy) is 1. The Balaban J connectivity index is 1.11. The van der Waals surface area contributed by atoms with E-state index in [1.165, 1.54) is 0 Å². The highest BCUT2D eigenvalue weighted by atomic mass is 16.5. The smallest absolute Gasteiger partial charge is 0.272 e. The summed E-state index contributed by atoms with van der Waals surface area (Å²) in [4.78, 5) is 35.3. The topological polar surface area (TPSA) is 116 Å². The molecule has 1 aromatic carbocycles. The van der Waals surface area contributed by atoms with E-state index in [4.69, 9.17) is 4.74 Å². The van der Waals surface area contributed by atoms with Gasteiger partial charge in [0.2, 0.25) is 5.91 Å². The maximum absolute atomic E-state index is 13.0. The zero-order chi connectivity index (χ0) is 20.9. The first-order chi connectivity index (χ1) is 15.2. The van der Waals surface area contributed by atoms with Crippen molar-refractivity contribution in [3.63, 3.8) is 0 Å². The van der Waals surface area contributed by atoms with E-state index in [9.17, 15) is 9.59 Å². The molecular weight excluding hydrogens is 396 g/mol. The van der Waals surface area contributed by atoms with E-state index in [-0.39, 0.29) is 29.9 Å². The standard InChI is InChI=1S/C22H24N6O3/c29-21(23-10-19-24-15-3-1-2-4-16(15)25-19)20-13-7-8-28(11-17(13)26-27-20)22(30)14-9-12-5-6-18(14)31-12/h1-4,12,14,18H,5-11H2,(H,23,29)(H,24,25)(H,26,27)/t12-,14+,18+/m0/s1. The zero-order valence-electron chi connectivity index (χ0n) is 17.1. The molecule has 6 rings (SSSR count). The number of H-pyrrole nitrogens is 2. The summed E-state index contributed by atoms with van der Waals surface area (Å²) in [5.41, 5.74) is 3.96. The van der Waals surface area contributed by atoms with E-state index in [0.717, 1.165) is 41.6 Å². The number of imidazole rings is 1. The molecule has 160 valence electrons. The van der Waals surface area contributed by atoms with Crippen molar-refractivity contribution in [3.8, 4) is 0 Å². The van der Waals surface area contributed by atoms with Gasteiger partial charge < -0.3 is 19.9 Å². The molecule has 0 aliphatic carbocycles. The van der Waals surface area contributed by atoms with Gasteiger partial charge in [-0.25, -0.2) is 4.98 Å². The van der Waals surface area contributed by atoms with Crippen LogP contribution < -0.4 is 5.32 Å². The maximum atomic E-state index is 13.0. The number of fused-ring (bicyclic) bond motifs is 4. The van der Waals surface area contributed by atoms with E-state index in [1.54, 1.807) is 0 Å². The molecule has 0 spiro atoms. The first kappa shape index (κ1) is 18.6. The molecule has 2 saturated heterocycles. The Morgan fingerprint density at radius 2 is 2.16 bits per heavy atom. The monoisotopic (exact) mass is 420 g/mol. The van der Waals surface area contributed by atoms with Crippen molar-refractivity contribution in [1.29, 1.82) is 0 Å². The lowest BCUT2D eigenvalue weighted by atomic mass is 9.87. The Labute approximate surface area is 178 Å². The summed E-state index contributed by atoms with van der Waals surface area (Å²) >= 11 is 0. The van der Waals surface area contributed by atoms with Gasteiger partial charge in [-0.05, 0) is 37.8 Å². The van der Waals surface area contributed by atoms with Crippen LogP contribution in [0.4, 0.5) is 0 Å². The van der Waals surface area contributed by atoms with Gasteiger partial charge in [0.15, 0.2) is 5.69 Å². The number of amides is 2. The van der Waals surface area contributed by atoms with Gasteiger partial charge in [-0.15, -0.1) is 0 Å². The van der Waals surface area contributed by atoms with Crippen molar-refractivity contribution < 1.29 is 14.3 Å². The third-order valence-electron chi connectivity index (χ3n) is 6.74. The lowest BCUT2D eigenvalue weighted by Crippen LogP contribution is -2.42. The second kappa shape index (κ2) is 7.19. The average Bonchev–Trinajstić information content (AvgIpc) is 3.58. The van der Waals surface area contributed by atoms with Gasteiger partial charge in [0, 0.05) is 12.1 Å². The molecule has 3 aromatic rings. The van der Waals surface area contributed by atoms with Gasteiger partial charge in [-0.1, -0.05) is 12.1 Å². The highest BCUT2D eigenvalue weighted by Crippen LogP contribution is 2.40. The van der Waals surface area contributed by atoms with Crippen LogP contribution >= 0.6 is 0 Å². The molecule has 9 nitrogen and oxygen atoms in total. The fraction of sp³-hybridized carbons (Fsp3) is 0.455. The van der Waals surface area contributed by atoms with Crippen LogP contribution in [-0.4, -0.2) is 55.6 Å². The number of carbonyl (C=O) groups excluding carboxylic acids is 2. The SMILES string of the molecule is O=C(NCc1nc2ccccc2[nH]1)c1n[nH]c2c1CCN(C(=O)[C@@H]1C[C@@H]3CC[C@H]1O3)C2. The van der Waals surface area contributed by atoms with Crippen molar-refractivity contribution in [2.75, 3.05) is 6.54 Å². The Bertz CT molecular complexity index is 1130. The quantitative estimate of drug-likeness (QED) is 0.594. The van der Waals surface area contributed by atoms with Crippen molar-refractivity contribution in [1.82, 2.24) is 30.4 Å². The van der Waals surface area contributed by atoms with Crippen LogP contribution in [0.5, 0.6) is 0 Å². The number of nitrogens with zero attached hydrogens (tertiary/aromatic N) is 3. The number of benzene rings is 1. The highest BCUT2D eigenvalue weighted by molar-refractivity contribution is 5.94. The van der Waals surface area contributed by atoms with Gasteiger partial charge in [-0.2, -0.15) is 5.10 Å². The van der Waals surface area contributed by atoms with Crippen LogP contribution in [0.2, 0.25) is 0 Å². The molecule has 0 saturated carbocycles. The Morgan fingerprint density at radius 1 is 1.26 bits per heavy atom. The number of para-hydroxylation sites is 2. The fourth-order valence-corrected chi connectivity index (χ4v) is 5.16. The molecule has 0 radical (unpaired) electrons. The van der Waals surface area contributed by atoms with Crippen LogP contribution in [0, 0.1) is 5.92 Å². The number of aromatic amines is 2. The summed E-state index contributed by atoms with van der Waals surface area (Å²) in [5.74, 6) is 0.612. The van der Waals surface area contributed by atoms with E-state index in [1.807, 2.05) is 29.2 Å². The van der Waals surface area contributed by atoms with E-state index < -0.39 is 0 Å². The molecule has 2 aromatic heterocycles. The number of carbonyl (C=O) groups is 2. The molecule has 31 heavy (non-hydrogen) atoms. The van der Waals surface area contributed by atoms with Gasteiger partial charge in [0.05, 0.1) is 47.9 Å². The molecular formula is C22H24N6O3. The van der Waals surface area contributed by atoms with Crippen LogP contribution in [0.1, 0.15) is 46.8 Å². The Morgan fingerprint density at radius 3 is 2.97 bits per heavy atom. The van der Waals surface area contributed by atoms with E-state index >= 15 is 0 Å². The lowest BCUT2D eigenvalue weighted by Gasteiger charge is -2.31. The first-order valence-electron chi connectivity index (χ1n) is 10.9. The number of nitrogens with one attached hydrogen (secondary N) is 3. The average molecular weight is 420 g/mol. The lowest BCUT2D eigenvalue weighted by molar-refractivity contribution is -0.138. The minimum atomic E-state index is -0.237. The normalized spacial score (nSPS) is 24.5. The van der Waals surface area contributed by atoms with Gasteiger partial charge in [-0.3, -0.25) is 14.7 Å². The van der Waals surface area contributed by atoms with Gasteiger partial charge in [0.25, 0.3) is 5.91 Å². The van der Waals surface area contributed by atoms with Gasteiger partial charge >= 0.3 is 0 Å². The van der Waals surface area contributed by atoms with Crippen molar-refractivity contribution in [2.45, 2.75) is 51.0 Å². The Kier molecular flexibility index (Phi) is 4.31. The fourth-order valence-electron chi connectivity index (χ4n) is 5.16. The molecule has 3 N–H and O–H groups in total. The minimum Gasteiger partial charge on any atom is -0.374 e. The highest BCUT2D eigenvalue weighted by Gasteiger charge is 2.46. The molecule has 3 atom stereocenters. The largest absolute Gasteiger partial charge is 0.374 e. The van der Waals surface area contributed by atoms with Crippen LogP contribution in [0.25, 0.3) is 11.0 Å². The second-order valence-corrected chi connectivity index (χ2v) is 8.64. The summed E-state index contributed by atoms with van der Waals surface area (Å²) in [6.45, 7) is 1.36. The summed E-state index contributed by atoms with van der Waals surface area (Å²) in [7, 11) is 0. The molecule has 3 aliphatic rings. The van der Waals surface area contributed by atoms with Crippen molar-refractivity contribution >= 4 is 22.8 Å². The van der Waals surface area contributed by atoms with Crippen LogP contribution in [-0.2, 0) is 29.0 Å². The van der Waals surface area contributed by atoms with Crippen molar-refractivity contribution in [2.24, 2.45) is 5.92 Å². The summed E-state index contributed by atoms with van der Waals surface area (Å²) in [6.07, 6.45) is 3.86. The number of aromatic nitrogens is 4. The molecule has 9 heteroatoms. The third kappa shape index (κ3) is 3.20. The maximum Gasteiger partial charge on any atom is 0.272 e. The summed E-state index contributed by atoms with van der Waals surface area (Å²) < 4.78 is 5.86. The molecule has 3 aliphatic heterocycles. The van der Waals surface area contributed by atoms with Crippen LogP contribution in [0.15, 0.2) is 24.3 Å². The predicted octanol–water partition coefficient (Wildman–Crippen LogP) is 1.67. The third-order valence-corrected chi connectivity index (χ3v) is 6.74. The number of hydrogen-bond donors (Lipinski definition) is 3. The zero-order valence-corrected chi connectivity index (χ0v) is 17.1. The van der Waals surface area contributed by atoms with Crippen molar-refractivity contribution in [3.05, 3.63) is 47.0 Å². The molecule has 2 bridgehead atoms. The predicted molar refractivity (Wildman–Crippen MR) is 111 cm³/mol. The molecule has 5 heterocycles.